The minimum Gasteiger partial charge on any atom is -0.334 e. The minimum atomic E-state index is -0.403. The van der Waals surface area contributed by atoms with Crippen molar-refractivity contribution in [3.05, 3.63) is 59.9 Å². The van der Waals surface area contributed by atoms with Crippen LogP contribution >= 0.6 is 0 Å². The maximum absolute atomic E-state index is 14.2. The molecule has 1 atom stereocenters. The fraction of sp³-hybridized carbons (Fsp3) is 0.222. The largest absolute Gasteiger partial charge is 0.334 e. The van der Waals surface area contributed by atoms with Gasteiger partial charge in [0.05, 0.1) is 5.69 Å². The van der Waals surface area contributed by atoms with Crippen molar-refractivity contribution in [3.63, 3.8) is 0 Å². The fourth-order valence-corrected chi connectivity index (χ4v) is 2.96. The van der Waals surface area contributed by atoms with Gasteiger partial charge in [-0.1, -0.05) is 11.2 Å². The summed E-state index contributed by atoms with van der Waals surface area (Å²) in [4.78, 5) is 22.1. The Morgan fingerprint density at radius 3 is 2.80 bits per heavy atom. The molecule has 3 aromatic rings. The predicted molar refractivity (Wildman–Crippen MR) is 88.4 cm³/mol. The van der Waals surface area contributed by atoms with Crippen LogP contribution in [0.1, 0.15) is 23.7 Å². The standard InChI is InChI=1S/C18H15FN4O2/c1-11-2-3-15(14(19)8-11)23-10-13(9-16(23)24)17-21-18(25-22-17)12-4-6-20-7-5-12/h2-8,13H,9-10H2,1H3. The Morgan fingerprint density at radius 2 is 2.04 bits per heavy atom. The van der Waals surface area contributed by atoms with E-state index in [2.05, 4.69) is 15.1 Å². The highest BCUT2D eigenvalue weighted by atomic mass is 19.1. The van der Waals surface area contributed by atoms with Gasteiger partial charge in [-0.3, -0.25) is 9.78 Å². The molecule has 1 aromatic carbocycles. The molecule has 2 aromatic heterocycles. The zero-order valence-corrected chi connectivity index (χ0v) is 13.5. The maximum Gasteiger partial charge on any atom is 0.258 e. The van der Waals surface area contributed by atoms with Crippen molar-refractivity contribution in [2.75, 3.05) is 11.4 Å². The molecule has 0 bridgehead atoms. The summed E-state index contributed by atoms with van der Waals surface area (Å²) >= 11 is 0. The summed E-state index contributed by atoms with van der Waals surface area (Å²) in [6.07, 6.45) is 3.50. The molecule has 0 saturated carbocycles. The number of pyridine rings is 1. The van der Waals surface area contributed by atoms with Gasteiger partial charge in [0.1, 0.15) is 5.82 Å². The Balaban J connectivity index is 1.57. The molecule has 0 radical (unpaired) electrons. The number of benzene rings is 1. The van der Waals surface area contributed by atoms with Gasteiger partial charge in [-0.05, 0) is 36.8 Å². The first-order valence-electron chi connectivity index (χ1n) is 7.92. The highest BCUT2D eigenvalue weighted by Gasteiger charge is 2.35. The fourth-order valence-electron chi connectivity index (χ4n) is 2.96. The summed E-state index contributed by atoms with van der Waals surface area (Å²) in [5, 5.41) is 3.99. The van der Waals surface area contributed by atoms with Crippen molar-refractivity contribution >= 4 is 11.6 Å². The molecule has 1 fully saturated rings. The lowest BCUT2D eigenvalue weighted by Crippen LogP contribution is -2.25. The molecule has 0 N–H and O–H groups in total. The van der Waals surface area contributed by atoms with Gasteiger partial charge in [-0.25, -0.2) is 4.39 Å². The van der Waals surface area contributed by atoms with Gasteiger partial charge in [0.15, 0.2) is 5.82 Å². The van der Waals surface area contributed by atoms with E-state index >= 15 is 0 Å². The van der Waals surface area contributed by atoms with Crippen LogP contribution in [0.15, 0.2) is 47.2 Å². The highest BCUT2D eigenvalue weighted by Crippen LogP contribution is 2.32. The van der Waals surface area contributed by atoms with Crippen LogP contribution < -0.4 is 4.90 Å². The van der Waals surface area contributed by atoms with Gasteiger partial charge >= 0.3 is 0 Å². The number of aryl methyl sites for hydroxylation is 1. The molecule has 1 amide bonds. The summed E-state index contributed by atoms with van der Waals surface area (Å²) in [5.74, 6) is 0.0511. The van der Waals surface area contributed by atoms with Crippen molar-refractivity contribution in [1.29, 1.82) is 0 Å². The van der Waals surface area contributed by atoms with Crippen molar-refractivity contribution < 1.29 is 13.7 Å². The molecule has 4 rings (SSSR count). The quantitative estimate of drug-likeness (QED) is 0.734. The van der Waals surface area contributed by atoms with Crippen molar-refractivity contribution in [2.24, 2.45) is 0 Å². The lowest BCUT2D eigenvalue weighted by Gasteiger charge is -2.17. The number of nitrogens with zero attached hydrogens (tertiary/aromatic N) is 4. The van der Waals surface area contributed by atoms with E-state index in [1.165, 1.54) is 11.0 Å². The molecule has 1 saturated heterocycles. The van der Waals surface area contributed by atoms with Gasteiger partial charge < -0.3 is 9.42 Å². The Labute approximate surface area is 143 Å². The number of hydrogen-bond donors (Lipinski definition) is 0. The number of amides is 1. The Hall–Kier alpha value is -3.09. The molecule has 25 heavy (non-hydrogen) atoms. The van der Waals surface area contributed by atoms with Crippen molar-refractivity contribution in [1.82, 2.24) is 15.1 Å². The SMILES string of the molecule is Cc1ccc(N2CC(c3noc(-c4ccncc4)n3)CC2=O)c(F)c1. The maximum atomic E-state index is 14.2. The van der Waals surface area contributed by atoms with E-state index < -0.39 is 5.82 Å². The Kier molecular flexibility index (Phi) is 3.76. The topological polar surface area (TPSA) is 72.1 Å². The van der Waals surface area contributed by atoms with E-state index in [1.54, 1.807) is 43.6 Å². The Morgan fingerprint density at radius 1 is 1.24 bits per heavy atom. The lowest BCUT2D eigenvalue weighted by molar-refractivity contribution is -0.117. The van der Waals surface area contributed by atoms with Crippen LogP contribution in [0.5, 0.6) is 0 Å². The normalized spacial score (nSPS) is 17.3. The zero-order valence-electron chi connectivity index (χ0n) is 13.5. The molecule has 0 aliphatic carbocycles. The van der Waals surface area contributed by atoms with E-state index in [9.17, 15) is 9.18 Å². The van der Waals surface area contributed by atoms with Crippen molar-refractivity contribution in [2.45, 2.75) is 19.3 Å². The van der Waals surface area contributed by atoms with Crippen LogP contribution in [-0.4, -0.2) is 27.6 Å². The first-order valence-corrected chi connectivity index (χ1v) is 7.92. The molecule has 1 aliphatic heterocycles. The molecule has 1 unspecified atom stereocenters. The molecule has 7 heteroatoms. The van der Waals surface area contributed by atoms with Crippen LogP contribution in [0.2, 0.25) is 0 Å². The first-order chi connectivity index (χ1) is 12.1. The first kappa shape index (κ1) is 15.4. The minimum absolute atomic E-state index is 0.150. The van der Waals surface area contributed by atoms with Crippen LogP contribution in [0.4, 0.5) is 10.1 Å². The average Bonchev–Trinajstić information content (AvgIpc) is 3.23. The number of carbonyl (C=O) groups is 1. The molecule has 3 heterocycles. The lowest BCUT2D eigenvalue weighted by atomic mass is 10.1. The number of halogens is 1. The number of anilines is 1. The molecule has 6 nitrogen and oxygen atoms in total. The van der Waals surface area contributed by atoms with Crippen LogP contribution in [0.25, 0.3) is 11.5 Å². The van der Waals surface area contributed by atoms with E-state index in [4.69, 9.17) is 4.52 Å². The number of carbonyl (C=O) groups excluding carboxylic acids is 1. The van der Waals surface area contributed by atoms with Crippen LogP contribution in [-0.2, 0) is 4.79 Å². The van der Waals surface area contributed by atoms with E-state index in [-0.39, 0.29) is 23.9 Å². The third kappa shape index (κ3) is 2.88. The summed E-state index contributed by atoms with van der Waals surface area (Å²) in [5.41, 5.74) is 1.86. The zero-order chi connectivity index (χ0) is 17.4. The Bertz CT molecular complexity index is 926. The summed E-state index contributed by atoms with van der Waals surface area (Å²) in [7, 11) is 0. The smallest absolute Gasteiger partial charge is 0.258 e. The van der Waals surface area contributed by atoms with E-state index in [1.807, 2.05) is 0 Å². The number of hydrogen-bond acceptors (Lipinski definition) is 5. The van der Waals surface area contributed by atoms with Gasteiger partial charge in [-0.15, -0.1) is 0 Å². The molecule has 126 valence electrons. The van der Waals surface area contributed by atoms with Crippen molar-refractivity contribution in [3.8, 4) is 11.5 Å². The number of rotatable bonds is 3. The third-order valence-corrected chi connectivity index (χ3v) is 4.25. The monoisotopic (exact) mass is 338 g/mol. The predicted octanol–water partition coefficient (Wildman–Crippen LogP) is 3.10. The van der Waals surface area contributed by atoms with Crippen LogP contribution in [0, 0.1) is 12.7 Å². The second-order valence-corrected chi connectivity index (χ2v) is 6.05. The van der Waals surface area contributed by atoms with E-state index in [0.717, 1.165) is 11.1 Å². The second kappa shape index (κ2) is 6.08. The van der Waals surface area contributed by atoms with Gasteiger partial charge in [0, 0.05) is 36.8 Å². The van der Waals surface area contributed by atoms with Gasteiger partial charge in [-0.2, -0.15) is 4.98 Å². The summed E-state index contributed by atoms with van der Waals surface area (Å²) < 4.78 is 19.5. The highest BCUT2D eigenvalue weighted by molar-refractivity contribution is 5.96. The third-order valence-electron chi connectivity index (χ3n) is 4.25. The van der Waals surface area contributed by atoms with E-state index in [0.29, 0.717) is 18.3 Å². The molecular weight excluding hydrogens is 323 g/mol. The average molecular weight is 338 g/mol. The summed E-state index contributed by atoms with van der Waals surface area (Å²) in [6, 6.07) is 8.38. The summed E-state index contributed by atoms with van der Waals surface area (Å²) in [6.45, 7) is 2.13. The molecule has 1 aliphatic rings. The molecular formula is C18H15FN4O2. The van der Waals surface area contributed by atoms with Gasteiger partial charge in [0.25, 0.3) is 5.89 Å². The second-order valence-electron chi connectivity index (χ2n) is 6.05. The van der Waals surface area contributed by atoms with Crippen LogP contribution in [0.3, 0.4) is 0 Å². The van der Waals surface area contributed by atoms with Gasteiger partial charge in [0.2, 0.25) is 5.91 Å². The molecule has 0 spiro atoms. The number of aromatic nitrogens is 3.